The van der Waals surface area contributed by atoms with Gasteiger partial charge < -0.3 is 0 Å². The Labute approximate surface area is 99.7 Å². The zero-order valence-corrected chi connectivity index (χ0v) is 9.60. The highest BCUT2D eigenvalue weighted by Gasteiger charge is 2.04. The van der Waals surface area contributed by atoms with Gasteiger partial charge in [0.2, 0.25) is 0 Å². The predicted molar refractivity (Wildman–Crippen MR) is 71.6 cm³/mol. The van der Waals surface area contributed by atoms with E-state index in [2.05, 4.69) is 24.3 Å². The number of hydrogen-bond donors (Lipinski definition) is 0. The number of fused-ring (bicyclic) bond motifs is 3. The quantitative estimate of drug-likeness (QED) is 0.445. The van der Waals surface area contributed by atoms with Crippen LogP contribution < -0.4 is 0 Å². The molecule has 1 nitrogen and oxygen atoms in total. The van der Waals surface area contributed by atoms with Crippen molar-refractivity contribution >= 4 is 27.8 Å². The Bertz CT molecular complexity index is 726. The Morgan fingerprint density at radius 2 is 1.71 bits per heavy atom. The summed E-state index contributed by atoms with van der Waals surface area (Å²) in [5, 5.41) is 4.79. The number of rotatable bonds is 1. The van der Waals surface area contributed by atoms with E-state index in [1.165, 1.54) is 16.2 Å². The first-order chi connectivity index (χ1) is 8.29. The van der Waals surface area contributed by atoms with Gasteiger partial charge in [-0.2, -0.15) is 0 Å². The normalized spacial score (nSPS) is 10.9. The number of benzene rings is 3. The fraction of sp³-hybridized carbons (Fsp3) is 0.0625. The lowest BCUT2D eigenvalue weighted by atomic mass is 9.97. The predicted octanol–water partition coefficient (Wildman–Crippen LogP) is 4.11. The zero-order chi connectivity index (χ0) is 11.8. The first-order valence-electron chi connectivity index (χ1n) is 5.67. The van der Waals surface area contributed by atoms with Gasteiger partial charge in [0.25, 0.3) is 0 Å². The number of hydrogen-bond acceptors (Lipinski definition) is 1. The third-order valence-corrected chi connectivity index (χ3v) is 3.23. The standard InChI is InChI=1S/C16H12O/c1-11-8-12(10-17)9-16-14(11)7-6-13-4-2-3-5-15(13)16/h2-10H,1H3. The van der Waals surface area contributed by atoms with Crippen LogP contribution in [0.3, 0.4) is 0 Å². The monoisotopic (exact) mass is 220 g/mol. The minimum absolute atomic E-state index is 0.742. The molecule has 0 saturated heterocycles. The average Bonchev–Trinajstić information content (AvgIpc) is 2.38. The second-order valence-electron chi connectivity index (χ2n) is 4.34. The van der Waals surface area contributed by atoms with E-state index in [1.54, 1.807) is 0 Å². The summed E-state index contributed by atoms with van der Waals surface area (Å²) in [6.07, 6.45) is 0.911. The third kappa shape index (κ3) is 1.51. The zero-order valence-electron chi connectivity index (χ0n) is 9.60. The molecule has 0 saturated carbocycles. The highest BCUT2D eigenvalue weighted by molar-refractivity contribution is 6.09. The molecule has 0 atom stereocenters. The molecule has 3 aromatic carbocycles. The van der Waals surface area contributed by atoms with Crippen molar-refractivity contribution in [1.82, 2.24) is 0 Å². The van der Waals surface area contributed by atoms with Crippen molar-refractivity contribution in [2.24, 2.45) is 0 Å². The Hall–Kier alpha value is -2.15. The van der Waals surface area contributed by atoms with E-state index < -0.39 is 0 Å². The molecule has 0 unspecified atom stereocenters. The van der Waals surface area contributed by atoms with Crippen LogP contribution in [0.15, 0.2) is 48.5 Å². The minimum Gasteiger partial charge on any atom is -0.298 e. The van der Waals surface area contributed by atoms with E-state index in [-0.39, 0.29) is 0 Å². The van der Waals surface area contributed by atoms with E-state index in [4.69, 9.17) is 0 Å². The highest BCUT2D eigenvalue weighted by atomic mass is 16.1. The van der Waals surface area contributed by atoms with Crippen molar-refractivity contribution in [2.75, 3.05) is 0 Å². The minimum atomic E-state index is 0.742. The lowest BCUT2D eigenvalue weighted by Gasteiger charge is -2.07. The molecular weight excluding hydrogens is 208 g/mol. The van der Waals surface area contributed by atoms with Gasteiger partial charge in [-0.05, 0) is 46.2 Å². The van der Waals surface area contributed by atoms with Crippen LogP contribution in [-0.4, -0.2) is 6.29 Å². The Kier molecular flexibility index (Phi) is 2.19. The topological polar surface area (TPSA) is 17.1 Å². The highest BCUT2D eigenvalue weighted by Crippen LogP contribution is 2.28. The summed E-state index contributed by atoms with van der Waals surface area (Å²) < 4.78 is 0. The summed E-state index contributed by atoms with van der Waals surface area (Å²) in [6, 6.07) is 16.4. The van der Waals surface area contributed by atoms with Gasteiger partial charge >= 0.3 is 0 Å². The lowest BCUT2D eigenvalue weighted by molar-refractivity contribution is 0.112. The van der Waals surface area contributed by atoms with Gasteiger partial charge in [0, 0.05) is 5.56 Å². The van der Waals surface area contributed by atoms with Gasteiger partial charge in [-0.1, -0.05) is 36.4 Å². The summed E-state index contributed by atoms with van der Waals surface area (Å²) in [7, 11) is 0. The fourth-order valence-corrected chi connectivity index (χ4v) is 2.40. The molecule has 0 aliphatic rings. The van der Waals surface area contributed by atoms with Crippen molar-refractivity contribution in [2.45, 2.75) is 6.92 Å². The molecule has 17 heavy (non-hydrogen) atoms. The van der Waals surface area contributed by atoms with Gasteiger partial charge in [0.15, 0.2) is 0 Å². The average molecular weight is 220 g/mol. The summed E-state index contributed by atoms with van der Waals surface area (Å²) in [5.74, 6) is 0. The lowest BCUT2D eigenvalue weighted by Crippen LogP contribution is -1.86. The van der Waals surface area contributed by atoms with E-state index in [9.17, 15) is 4.79 Å². The molecule has 0 fully saturated rings. The van der Waals surface area contributed by atoms with Crippen molar-refractivity contribution in [3.05, 3.63) is 59.7 Å². The van der Waals surface area contributed by atoms with E-state index in [0.29, 0.717) is 0 Å². The molecule has 0 amide bonds. The van der Waals surface area contributed by atoms with Crippen LogP contribution in [0.25, 0.3) is 21.5 Å². The van der Waals surface area contributed by atoms with Gasteiger partial charge in [-0.25, -0.2) is 0 Å². The SMILES string of the molecule is Cc1cc(C=O)cc2c1ccc1ccccc12. The first-order valence-corrected chi connectivity index (χ1v) is 5.67. The van der Waals surface area contributed by atoms with Crippen LogP contribution in [0.4, 0.5) is 0 Å². The van der Waals surface area contributed by atoms with Crippen LogP contribution in [-0.2, 0) is 0 Å². The van der Waals surface area contributed by atoms with Gasteiger partial charge in [-0.15, -0.1) is 0 Å². The first kappa shape index (κ1) is 10.0. The fourth-order valence-electron chi connectivity index (χ4n) is 2.40. The largest absolute Gasteiger partial charge is 0.298 e. The van der Waals surface area contributed by atoms with Crippen LogP contribution in [0, 0.1) is 6.92 Å². The molecular formula is C16H12O. The van der Waals surface area contributed by atoms with Crippen LogP contribution in [0.1, 0.15) is 15.9 Å². The van der Waals surface area contributed by atoms with Crippen molar-refractivity contribution < 1.29 is 4.79 Å². The molecule has 3 rings (SSSR count). The van der Waals surface area contributed by atoms with Crippen LogP contribution >= 0.6 is 0 Å². The van der Waals surface area contributed by atoms with Gasteiger partial charge in [-0.3, -0.25) is 4.79 Å². The van der Waals surface area contributed by atoms with Gasteiger partial charge in [0.05, 0.1) is 0 Å². The van der Waals surface area contributed by atoms with Gasteiger partial charge in [0.1, 0.15) is 6.29 Å². The van der Waals surface area contributed by atoms with Crippen molar-refractivity contribution in [3.8, 4) is 0 Å². The molecule has 3 aromatic rings. The molecule has 82 valence electrons. The smallest absolute Gasteiger partial charge is 0.150 e. The third-order valence-electron chi connectivity index (χ3n) is 3.23. The molecule has 0 aliphatic heterocycles. The van der Waals surface area contributed by atoms with Crippen molar-refractivity contribution in [1.29, 1.82) is 0 Å². The van der Waals surface area contributed by atoms with Crippen molar-refractivity contribution in [3.63, 3.8) is 0 Å². The molecule has 0 radical (unpaired) electrons. The molecule has 0 N–H and O–H groups in total. The molecule has 0 aromatic heterocycles. The summed E-state index contributed by atoms with van der Waals surface area (Å²) in [5.41, 5.74) is 1.89. The number of carbonyl (C=O) groups is 1. The maximum atomic E-state index is 10.9. The maximum absolute atomic E-state index is 10.9. The summed E-state index contributed by atoms with van der Waals surface area (Å²) in [4.78, 5) is 10.9. The Morgan fingerprint density at radius 3 is 2.53 bits per heavy atom. The second-order valence-corrected chi connectivity index (χ2v) is 4.34. The van der Waals surface area contributed by atoms with E-state index >= 15 is 0 Å². The van der Waals surface area contributed by atoms with E-state index in [1.807, 2.05) is 31.2 Å². The summed E-state index contributed by atoms with van der Waals surface area (Å²) in [6.45, 7) is 2.05. The maximum Gasteiger partial charge on any atom is 0.150 e. The molecule has 0 spiro atoms. The number of carbonyl (C=O) groups excluding carboxylic acids is 1. The summed E-state index contributed by atoms with van der Waals surface area (Å²) >= 11 is 0. The Balaban J connectivity index is 2.56. The number of aryl methyl sites for hydroxylation is 1. The second kappa shape index (κ2) is 3.70. The number of aldehydes is 1. The molecule has 1 heteroatoms. The Morgan fingerprint density at radius 1 is 0.882 bits per heavy atom. The molecule has 0 heterocycles. The molecule has 0 aliphatic carbocycles. The van der Waals surface area contributed by atoms with E-state index in [0.717, 1.165) is 22.8 Å². The molecule has 0 bridgehead atoms. The van der Waals surface area contributed by atoms with Crippen LogP contribution in [0.5, 0.6) is 0 Å². The van der Waals surface area contributed by atoms with Crippen LogP contribution in [0.2, 0.25) is 0 Å².